The van der Waals surface area contributed by atoms with Crippen LogP contribution in [0, 0.1) is 6.92 Å². The number of nitrogens with one attached hydrogen (secondary N) is 2. The minimum Gasteiger partial charge on any atom is -0.340 e. The number of aryl methyl sites for hydroxylation is 1. The number of carbonyl (C=O) groups excluding carboxylic acids is 1. The molecule has 0 aliphatic carbocycles. The molecule has 1 saturated heterocycles. The zero-order chi connectivity index (χ0) is 16.5. The van der Waals surface area contributed by atoms with E-state index < -0.39 is 0 Å². The second-order valence-electron chi connectivity index (χ2n) is 5.91. The maximum atomic E-state index is 12.5. The number of anilines is 1. The molecule has 124 valence electrons. The van der Waals surface area contributed by atoms with Crippen LogP contribution < -0.4 is 5.32 Å². The van der Waals surface area contributed by atoms with E-state index in [1.54, 1.807) is 17.9 Å². The quantitative estimate of drug-likeness (QED) is 0.745. The Bertz CT molecular complexity index is 871. The fourth-order valence-electron chi connectivity index (χ4n) is 2.97. The van der Waals surface area contributed by atoms with E-state index in [0.29, 0.717) is 36.0 Å². The van der Waals surface area contributed by atoms with E-state index in [4.69, 9.17) is 4.52 Å². The van der Waals surface area contributed by atoms with Gasteiger partial charge in [-0.05, 0) is 31.0 Å². The lowest BCUT2D eigenvalue weighted by Gasteiger charge is -2.31. The maximum absolute atomic E-state index is 12.5. The molecule has 1 aromatic carbocycles. The van der Waals surface area contributed by atoms with Crippen LogP contribution >= 0.6 is 0 Å². The average molecular weight is 327 g/mol. The van der Waals surface area contributed by atoms with Crippen molar-refractivity contribution in [3.8, 4) is 0 Å². The van der Waals surface area contributed by atoms with Crippen molar-refractivity contribution in [3.63, 3.8) is 0 Å². The fraction of sp³-hybridized carbons (Fsp3) is 0.400. The summed E-state index contributed by atoms with van der Waals surface area (Å²) in [7, 11) is 0. The molecule has 2 amide bonds. The van der Waals surface area contributed by atoms with Crippen LogP contribution in [0.5, 0.6) is 0 Å². The molecule has 1 fully saturated rings. The van der Waals surface area contributed by atoms with Gasteiger partial charge in [-0.3, -0.25) is 0 Å². The van der Waals surface area contributed by atoms with Gasteiger partial charge in [-0.15, -0.1) is 0 Å². The van der Waals surface area contributed by atoms with Crippen molar-refractivity contribution in [1.29, 1.82) is 0 Å². The highest BCUT2D eigenvalue weighted by atomic mass is 16.5. The van der Waals surface area contributed by atoms with E-state index >= 15 is 0 Å². The number of urea groups is 1. The Morgan fingerprint density at radius 3 is 3.08 bits per heavy atom. The molecule has 1 aliphatic heterocycles. The van der Waals surface area contributed by atoms with E-state index in [1.165, 1.54) is 0 Å². The number of H-pyrrole nitrogens is 1. The third kappa shape index (κ3) is 2.80. The minimum absolute atomic E-state index is 0.111. The summed E-state index contributed by atoms with van der Waals surface area (Å²) in [6, 6.07) is 5.28. The van der Waals surface area contributed by atoms with Gasteiger partial charge in [-0.2, -0.15) is 20.4 Å². The Labute approximate surface area is 137 Å². The number of nitrogens with zero attached hydrogens (tertiary/aromatic N) is 5. The number of hydrogen-bond donors (Lipinski definition) is 2. The van der Waals surface area contributed by atoms with Crippen LogP contribution in [0.3, 0.4) is 0 Å². The number of aromatic nitrogens is 5. The smallest absolute Gasteiger partial charge is 0.321 e. The summed E-state index contributed by atoms with van der Waals surface area (Å²) in [5.74, 6) is 1.33. The number of likely N-dealkylation sites (tertiary alicyclic amines) is 1. The monoisotopic (exact) mass is 327 g/mol. The Hall–Kier alpha value is -2.97. The lowest BCUT2D eigenvalue weighted by atomic mass is 9.98. The van der Waals surface area contributed by atoms with Gasteiger partial charge in [0.25, 0.3) is 0 Å². The van der Waals surface area contributed by atoms with Crippen LogP contribution in [0.25, 0.3) is 11.0 Å². The topological polar surface area (TPSA) is 113 Å². The van der Waals surface area contributed by atoms with Gasteiger partial charge in [-0.25, -0.2) is 4.79 Å². The number of aromatic amines is 1. The van der Waals surface area contributed by atoms with Crippen molar-refractivity contribution >= 4 is 22.8 Å². The van der Waals surface area contributed by atoms with Crippen molar-refractivity contribution in [2.75, 3.05) is 18.4 Å². The molecule has 0 saturated carbocycles. The highest BCUT2D eigenvalue weighted by Gasteiger charge is 2.27. The van der Waals surface area contributed by atoms with Crippen molar-refractivity contribution in [2.24, 2.45) is 0 Å². The molecule has 24 heavy (non-hydrogen) atoms. The van der Waals surface area contributed by atoms with Crippen molar-refractivity contribution in [3.05, 3.63) is 29.9 Å². The normalized spacial score (nSPS) is 18.0. The summed E-state index contributed by atoms with van der Waals surface area (Å²) in [5, 5.41) is 17.5. The number of rotatable bonds is 2. The molecule has 0 radical (unpaired) electrons. The number of benzene rings is 1. The molecule has 1 atom stereocenters. The third-order valence-electron chi connectivity index (χ3n) is 4.18. The zero-order valence-electron chi connectivity index (χ0n) is 13.2. The number of hydrogen-bond acceptors (Lipinski definition) is 6. The molecule has 4 rings (SSSR count). The summed E-state index contributed by atoms with van der Waals surface area (Å²) in [5.41, 5.74) is 2.17. The first kappa shape index (κ1) is 14.6. The summed E-state index contributed by atoms with van der Waals surface area (Å²) < 4.78 is 5.05. The molecular weight excluding hydrogens is 310 g/mol. The van der Waals surface area contributed by atoms with Gasteiger partial charge >= 0.3 is 6.03 Å². The van der Waals surface area contributed by atoms with Gasteiger partial charge in [0.05, 0.1) is 0 Å². The fourth-order valence-corrected chi connectivity index (χ4v) is 2.97. The Morgan fingerprint density at radius 1 is 1.38 bits per heavy atom. The van der Waals surface area contributed by atoms with Gasteiger partial charge in [0, 0.05) is 31.6 Å². The molecule has 3 heterocycles. The Morgan fingerprint density at radius 2 is 2.25 bits per heavy atom. The molecule has 1 unspecified atom stereocenters. The van der Waals surface area contributed by atoms with Crippen molar-refractivity contribution < 1.29 is 9.32 Å². The van der Waals surface area contributed by atoms with Crippen LogP contribution in [0.2, 0.25) is 0 Å². The zero-order valence-corrected chi connectivity index (χ0v) is 13.2. The van der Waals surface area contributed by atoms with Gasteiger partial charge in [0.15, 0.2) is 5.82 Å². The molecule has 2 N–H and O–H groups in total. The Balaban J connectivity index is 1.45. The largest absolute Gasteiger partial charge is 0.340 e. The first-order valence-electron chi connectivity index (χ1n) is 7.86. The SMILES string of the molecule is Cc1nc(C2CCCN(C(=O)Nc3ccc4n[nH]nc4c3)C2)no1. The molecule has 0 spiro atoms. The highest BCUT2D eigenvalue weighted by Crippen LogP contribution is 2.25. The number of piperidine rings is 1. The summed E-state index contributed by atoms with van der Waals surface area (Å²) in [4.78, 5) is 18.6. The van der Waals surface area contributed by atoms with Gasteiger partial charge in [0.1, 0.15) is 11.0 Å². The van der Waals surface area contributed by atoms with Crippen LogP contribution in [0.15, 0.2) is 22.7 Å². The van der Waals surface area contributed by atoms with E-state index in [1.807, 2.05) is 12.1 Å². The van der Waals surface area contributed by atoms with Crippen LogP contribution in [-0.2, 0) is 0 Å². The predicted molar refractivity (Wildman–Crippen MR) is 85.5 cm³/mol. The summed E-state index contributed by atoms with van der Waals surface area (Å²) in [6.07, 6.45) is 1.86. The Kier molecular flexibility index (Phi) is 3.60. The van der Waals surface area contributed by atoms with Gasteiger partial charge in [0.2, 0.25) is 5.89 Å². The summed E-state index contributed by atoms with van der Waals surface area (Å²) >= 11 is 0. The van der Waals surface area contributed by atoms with Gasteiger partial charge < -0.3 is 14.7 Å². The van der Waals surface area contributed by atoms with Crippen molar-refractivity contribution in [2.45, 2.75) is 25.7 Å². The average Bonchev–Trinajstić information content (AvgIpc) is 3.23. The number of fused-ring (bicyclic) bond motifs is 1. The van der Waals surface area contributed by atoms with E-state index in [-0.39, 0.29) is 11.9 Å². The first-order chi connectivity index (χ1) is 11.7. The first-order valence-corrected chi connectivity index (χ1v) is 7.86. The molecular formula is C15H17N7O2. The molecule has 2 aromatic heterocycles. The predicted octanol–water partition coefficient (Wildman–Crippen LogP) is 2.06. The highest BCUT2D eigenvalue weighted by molar-refractivity contribution is 5.91. The number of carbonyl (C=O) groups is 1. The standard InChI is InChI=1S/C15H17N7O2/c1-9-16-14(20-24-9)10-3-2-6-22(8-10)15(23)17-11-4-5-12-13(7-11)19-21-18-12/h4-5,7,10H,2-3,6,8H2,1H3,(H,17,23)(H,18,19,21). The van der Waals surface area contributed by atoms with Gasteiger partial charge in [-0.1, -0.05) is 5.16 Å². The van der Waals surface area contributed by atoms with Crippen LogP contribution in [0.4, 0.5) is 10.5 Å². The molecule has 1 aliphatic rings. The van der Waals surface area contributed by atoms with Crippen LogP contribution in [-0.4, -0.2) is 49.6 Å². The lowest BCUT2D eigenvalue weighted by molar-refractivity contribution is 0.190. The second-order valence-corrected chi connectivity index (χ2v) is 5.91. The molecule has 3 aromatic rings. The second kappa shape index (κ2) is 5.91. The molecule has 9 heteroatoms. The van der Waals surface area contributed by atoms with E-state index in [2.05, 4.69) is 30.9 Å². The molecule has 0 bridgehead atoms. The summed E-state index contributed by atoms with van der Waals surface area (Å²) in [6.45, 7) is 3.06. The van der Waals surface area contributed by atoms with E-state index in [9.17, 15) is 4.79 Å². The van der Waals surface area contributed by atoms with Crippen LogP contribution in [0.1, 0.15) is 30.5 Å². The maximum Gasteiger partial charge on any atom is 0.321 e. The van der Waals surface area contributed by atoms with Crippen molar-refractivity contribution in [1.82, 2.24) is 30.5 Å². The van der Waals surface area contributed by atoms with E-state index in [0.717, 1.165) is 18.4 Å². The minimum atomic E-state index is -0.136. The third-order valence-corrected chi connectivity index (χ3v) is 4.18. The lowest BCUT2D eigenvalue weighted by Crippen LogP contribution is -2.41. The number of amides is 2. The molecule has 9 nitrogen and oxygen atoms in total.